The average Bonchev–Trinajstić information content (AvgIpc) is 2.38. The van der Waals surface area contributed by atoms with Gasteiger partial charge in [-0.05, 0) is 37.0 Å². The second kappa shape index (κ2) is 6.60. The van der Waals surface area contributed by atoms with Crippen molar-refractivity contribution in [3.8, 4) is 0 Å². The predicted molar refractivity (Wildman–Crippen MR) is 83.4 cm³/mol. The largest absolute Gasteiger partial charge is 0.353 e. The summed E-state index contributed by atoms with van der Waals surface area (Å²) in [6, 6.07) is 0.401. The van der Waals surface area contributed by atoms with Gasteiger partial charge in [0, 0.05) is 17.3 Å². The van der Waals surface area contributed by atoms with E-state index in [2.05, 4.69) is 35.1 Å². The molecule has 0 saturated heterocycles. The number of rotatable bonds is 3. The highest BCUT2D eigenvalue weighted by molar-refractivity contribution is 9.09. The van der Waals surface area contributed by atoms with Gasteiger partial charge in [0.1, 0.15) is 0 Å². The number of alkyl halides is 1. The third-order valence-electron chi connectivity index (χ3n) is 5.26. The van der Waals surface area contributed by atoms with E-state index in [0.717, 1.165) is 18.2 Å². The molecule has 0 spiro atoms. The predicted octanol–water partition coefficient (Wildman–Crippen LogP) is 4.27. The molecule has 2 rings (SSSR count). The molecule has 0 aromatic rings. The maximum atomic E-state index is 12.6. The van der Waals surface area contributed by atoms with E-state index in [1.54, 1.807) is 0 Å². The molecule has 3 heteroatoms. The van der Waals surface area contributed by atoms with Crippen LogP contribution in [0.1, 0.15) is 65.2 Å². The molecule has 1 N–H and O–H groups in total. The third-order valence-corrected chi connectivity index (χ3v) is 6.09. The molecule has 0 aromatic heterocycles. The lowest BCUT2D eigenvalue weighted by Gasteiger charge is -2.39. The summed E-state index contributed by atoms with van der Waals surface area (Å²) in [7, 11) is 0. The Morgan fingerprint density at radius 3 is 2.53 bits per heavy atom. The van der Waals surface area contributed by atoms with Crippen LogP contribution in [0.25, 0.3) is 0 Å². The summed E-state index contributed by atoms with van der Waals surface area (Å²) in [5, 5.41) is 4.40. The molecule has 0 aliphatic heterocycles. The Labute approximate surface area is 126 Å². The van der Waals surface area contributed by atoms with Crippen LogP contribution >= 0.6 is 15.9 Å². The fourth-order valence-corrected chi connectivity index (χ4v) is 4.62. The second-order valence-electron chi connectivity index (χ2n) is 7.10. The minimum atomic E-state index is 0.181. The summed E-state index contributed by atoms with van der Waals surface area (Å²) in [4.78, 5) is 12.6. The van der Waals surface area contributed by atoms with Gasteiger partial charge < -0.3 is 5.32 Å². The SMILES string of the molecule is CC1(C)CCCCC1C(=O)NC1CCCCC1CBr. The highest BCUT2D eigenvalue weighted by atomic mass is 79.9. The molecule has 0 bridgehead atoms. The summed E-state index contributed by atoms with van der Waals surface area (Å²) >= 11 is 3.61. The topological polar surface area (TPSA) is 29.1 Å². The summed E-state index contributed by atoms with van der Waals surface area (Å²) < 4.78 is 0. The van der Waals surface area contributed by atoms with Gasteiger partial charge in [-0.1, -0.05) is 55.5 Å². The first-order valence-corrected chi connectivity index (χ1v) is 9.03. The van der Waals surface area contributed by atoms with Crippen molar-refractivity contribution in [2.24, 2.45) is 17.3 Å². The summed E-state index contributed by atoms with van der Waals surface area (Å²) in [6.45, 7) is 4.53. The fourth-order valence-electron chi connectivity index (χ4n) is 3.85. The Balaban J connectivity index is 1.95. The van der Waals surface area contributed by atoms with E-state index < -0.39 is 0 Å². The van der Waals surface area contributed by atoms with Crippen LogP contribution in [0.4, 0.5) is 0 Å². The van der Waals surface area contributed by atoms with E-state index in [1.165, 1.54) is 38.5 Å². The number of hydrogen-bond donors (Lipinski definition) is 1. The van der Waals surface area contributed by atoms with Gasteiger partial charge in [-0.2, -0.15) is 0 Å². The molecule has 3 unspecified atom stereocenters. The van der Waals surface area contributed by atoms with Crippen LogP contribution in [0.5, 0.6) is 0 Å². The Kier molecular flexibility index (Phi) is 5.33. The molecule has 1 amide bonds. The summed E-state index contributed by atoms with van der Waals surface area (Å²) in [5.74, 6) is 1.17. The van der Waals surface area contributed by atoms with Gasteiger partial charge in [-0.25, -0.2) is 0 Å². The van der Waals surface area contributed by atoms with Crippen molar-refractivity contribution in [3.05, 3.63) is 0 Å². The number of halogens is 1. The molecule has 2 saturated carbocycles. The molecule has 0 heterocycles. The van der Waals surface area contributed by atoms with Crippen LogP contribution in [0.3, 0.4) is 0 Å². The van der Waals surface area contributed by atoms with Crippen molar-refractivity contribution >= 4 is 21.8 Å². The lowest BCUT2D eigenvalue weighted by Crippen LogP contribution is -2.48. The smallest absolute Gasteiger partial charge is 0.223 e. The number of nitrogens with one attached hydrogen (secondary N) is 1. The lowest BCUT2D eigenvalue weighted by molar-refractivity contribution is -0.131. The monoisotopic (exact) mass is 329 g/mol. The Hall–Kier alpha value is -0.0500. The lowest BCUT2D eigenvalue weighted by atomic mass is 9.68. The van der Waals surface area contributed by atoms with E-state index in [4.69, 9.17) is 0 Å². The average molecular weight is 330 g/mol. The molecule has 2 aliphatic rings. The molecule has 110 valence electrons. The summed E-state index contributed by atoms with van der Waals surface area (Å²) in [6.07, 6.45) is 9.76. The van der Waals surface area contributed by atoms with E-state index >= 15 is 0 Å². The number of carbonyl (C=O) groups excluding carboxylic acids is 1. The van der Waals surface area contributed by atoms with Crippen molar-refractivity contribution in [2.75, 3.05) is 5.33 Å². The quantitative estimate of drug-likeness (QED) is 0.769. The number of carbonyl (C=O) groups is 1. The minimum absolute atomic E-state index is 0.181. The zero-order valence-corrected chi connectivity index (χ0v) is 14.0. The molecular weight excluding hydrogens is 302 g/mol. The molecule has 0 aromatic carbocycles. The molecule has 0 radical (unpaired) electrons. The van der Waals surface area contributed by atoms with Crippen LogP contribution in [0.15, 0.2) is 0 Å². The zero-order valence-electron chi connectivity index (χ0n) is 12.4. The van der Waals surface area contributed by atoms with Crippen LogP contribution in [-0.2, 0) is 4.79 Å². The van der Waals surface area contributed by atoms with E-state index in [-0.39, 0.29) is 11.3 Å². The van der Waals surface area contributed by atoms with Crippen molar-refractivity contribution in [1.82, 2.24) is 5.32 Å². The minimum Gasteiger partial charge on any atom is -0.353 e. The first kappa shape index (κ1) is 15.3. The van der Waals surface area contributed by atoms with Crippen LogP contribution in [0.2, 0.25) is 0 Å². The van der Waals surface area contributed by atoms with Gasteiger partial charge in [-0.3, -0.25) is 4.79 Å². The maximum absolute atomic E-state index is 12.6. The van der Waals surface area contributed by atoms with Gasteiger partial charge in [-0.15, -0.1) is 0 Å². The fraction of sp³-hybridized carbons (Fsp3) is 0.938. The Morgan fingerprint density at radius 1 is 1.16 bits per heavy atom. The molecular formula is C16H28BrNO. The third kappa shape index (κ3) is 3.74. The van der Waals surface area contributed by atoms with E-state index in [0.29, 0.717) is 17.9 Å². The standard InChI is InChI=1S/C16H28BrNO/c1-16(2)10-6-5-8-13(16)15(19)18-14-9-4-3-7-12(14)11-17/h12-14H,3-11H2,1-2H3,(H,18,19). The number of hydrogen-bond acceptors (Lipinski definition) is 1. The first-order chi connectivity index (χ1) is 9.04. The van der Waals surface area contributed by atoms with Crippen LogP contribution in [0, 0.1) is 17.3 Å². The van der Waals surface area contributed by atoms with Gasteiger partial charge in [0.15, 0.2) is 0 Å². The van der Waals surface area contributed by atoms with Crippen molar-refractivity contribution in [3.63, 3.8) is 0 Å². The first-order valence-electron chi connectivity index (χ1n) is 7.91. The number of amides is 1. The van der Waals surface area contributed by atoms with Gasteiger partial charge in [0.05, 0.1) is 0 Å². The van der Waals surface area contributed by atoms with Crippen LogP contribution in [-0.4, -0.2) is 17.3 Å². The normalized spacial score (nSPS) is 34.8. The summed E-state index contributed by atoms with van der Waals surface area (Å²) in [5.41, 5.74) is 0.181. The van der Waals surface area contributed by atoms with Gasteiger partial charge in [0.25, 0.3) is 0 Å². The van der Waals surface area contributed by atoms with Crippen molar-refractivity contribution in [1.29, 1.82) is 0 Å². The van der Waals surface area contributed by atoms with Gasteiger partial charge in [0.2, 0.25) is 5.91 Å². The van der Waals surface area contributed by atoms with Crippen LogP contribution < -0.4 is 5.32 Å². The highest BCUT2D eigenvalue weighted by Crippen LogP contribution is 2.41. The van der Waals surface area contributed by atoms with Crippen molar-refractivity contribution < 1.29 is 4.79 Å². The molecule has 2 nitrogen and oxygen atoms in total. The molecule has 2 fully saturated rings. The molecule has 2 aliphatic carbocycles. The Morgan fingerprint density at radius 2 is 1.84 bits per heavy atom. The maximum Gasteiger partial charge on any atom is 0.223 e. The molecule has 19 heavy (non-hydrogen) atoms. The Bertz CT molecular complexity index is 316. The van der Waals surface area contributed by atoms with Crippen molar-refractivity contribution in [2.45, 2.75) is 71.3 Å². The van der Waals surface area contributed by atoms with Gasteiger partial charge >= 0.3 is 0 Å². The molecule has 3 atom stereocenters. The highest BCUT2D eigenvalue weighted by Gasteiger charge is 2.38. The zero-order chi connectivity index (χ0) is 13.9. The second-order valence-corrected chi connectivity index (χ2v) is 7.75. The van der Waals surface area contributed by atoms with E-state index in [1.807, 2.05) is 0 Å². The van der Waals surface area contributed by atoms with E-state index in [9.17, 15) is 4.79 Å².